The van der Waals surface area contributed by atoms with Crippen LogP contribution in [-0.2, 0) is 14.8 Å². The van der Waals surface area contributed by atoms with Crippen LogP contribution >= 0.6 is 0 Å². The SMILES string of the molecule is COc1ccc(OC)c(N(CC(=O)Nc2ccccc2C)S(C)(=O)=O)c1. The zero-order chi connectivity index (χ0) is 19.3. The van der Waals surface area contributed by atoms with E-state index in [0.717, 1.165) is 16.1 Å². The first-order valence-corrected chi connectivity index (χ1v) is 9.66. The highest BCUT2D eigenvalue weighted by molar-refractivity contribution is 7.92. The molecular formula is C18H22N2O5S. The van der Waals surface area contributed by atoms with Crippen LogP contribution in [0.4, 0.5) is 11.4 Å². The van der Waals surface area contributed by atoms with Gasteiger partial charge >= 0.3 is 0 Å². The predicted octanol–water partition coefficient (Wildman–Crippen LogP) is 2.42. The lowest BCUT2D eigenvalue weighted by Gasteiger charge is -2.24. The van der Waals surface area contributed by atoms with Crippen molar-refractivity contribution in [1.29, 1.82) is 0 Å². The van der Waals surface area contributed by atoms with E-state index in [9.17, 15) is 13.2 Å². The van der Waals surface area contributed by atoms with Crippen LogP contribution in [-0.4, -0.2) is 41.3 Å². The van der Waals surface area contributed by atoms with Crippen molar-refractivity contribution in [3.05, 3.63) is 48.0 Å². The van der Waals surface area contributed by atoms with Gasteiger partial charge in [-0.2, -0.15) is 0 Å². The molecule has 8 heteroatoms. The molecule has 2 rings (SSSR count). The Morgan fingerprint density at radius 2 is 1.81 bits per heavy atom. The fraction of sp³-hybridized carbons (Fsp3) is 0.278. The number of carbonyl (C=O) groups excluding carboxylic acids is 1. The Morgan fingerprint density at radius 3 is 2.38 bits per heavy atom. The first-order valence-electron chi connectivity index (χ1n) is 7.81. The van der Waals surface area contributed by atoms with Gasteiger partial charge in [0.1, 0.15) is 18.0 Å². The third-order valence-electron chi connectivity index (χ3n) is 3.76. The number of amides is 1. The molecule has 2 aromatic carbocycles. The number of nitrogens with zero attached hydrogens (tertiary/aromatic N) is 1. The summed E-state index contributed by atoms with van der Waals surface area (Å²) in [6.07, 6.45) is 1.03. The van der Waals surface area contributed by atoms with Gasteiger partial charge in [0, 0.05) is 11.8 Å². The minimum Gasteiger partial charge on any atom is -0.497 e. The minimum absolute atomic E-state index is 0.231. The van der Waals surface area contributed by atoms with Crippen LogP contribution in [0.3, 0.4) is 0 Å². The van der Waals surface area contributed by atoms with Gasteiger partial charge in [-0.25, -0.2) is 8.42 Å². The van der Waals surface area contributed by atoms with E-state index in [4.69, 9.17) is 9.47 Å². The van der Waals surface area contributed by atoms with Crippen molar-refractivity contribution in [2.75, 3.05) is 36.6 Å². The number of methoxy groups -OCH3 is 2. The summed E-state index contributed by atoms with van der Waals surface area (Å²) in [6, 6.07) is 12.0. The van der Waals surface area contributed by atoms with Crippen molar-refractivity contribution in [3.63, 3.8) is 0 Å². The van der Waals surface area contributed by atoms with Crippen LogP contribution in [0, 0.1) is 6.92 Å². The Morgan fingerprint density at radius 1 is 1.12 bits per heavy atom. The Balaban J connectivity index is 2.35. The molecule has 0 bridgehead atoms. The van der Waals surface area contributed by atoms with Crippen molar-refractivity contribution >= 4 is 27.3 Å². The van der Waals surface area contributed by atoms with Gasteiger partial charge in [0.25, 0.3) is 0 Å². The smallest absolute Gasteiger partial charge is 0.245 e. The molecule has 0 aliphatic carbocycles. The van der Waals surface area contributed by atoms with E-state index in [-0.39, 0.29) is 5.69 Å². The largest absolute Gasteiger partial charge is 0.497 e. The topological polar surface area (TPSA) is 84.9 Å². The van der Waals surface area contributed by atoms with E-state index in [0.29, 0.717) is 17.2 Å². The molecule has 0 aromatic heterocycles. The summed E-state index contributed by atoms with van der Waals surface area (Å²) >= 11 is 0. The zero-order valence-corrected chi connectivity index (χ0v) is 16.0. The second-order valence-electron chi connectivity index (χ2n) is 5.67. The predicted molar refractivity (Wildman–Crippen MR) is 102 cm³/mol. The van der Waals surface area contributed by atoms with Crippen LogP contribution in [0.5, 0.6) is 11.5 Å². The average molecular weight is 378 g/mol. The number of rotatable bonds is 7. The molecule has 0 atom stereocenters. The monoisotopic (exact) mass is 378 g/mol. The van der Waals surface area contributed by atoms with E-state index in [1.54, 1.807) is 24.3 Å². The van der Waals surface area contributed by atoms with Crippen LogP contribution < -0.4 is 19.1 Å². The van der Waals surface area contributed by atoms with Gasteiger partial charge in [0.15, 0.2) is 0 Å². The number of aryl methyl sites for hydroxylation is 1. The fourth-order valence-corrected chi connectivity index (χ4v) is 3.26. The minimum atomic E-state index is -3.74. The molecular weight excluding hydrogens is 356 g/mol. The number of hydrogen-bond acceptors (Lipinski definition) is 5. The first kappa shape index (κ1) is 19.6. The third-order valence-corrected chi connectivity index (χ3v) is 4.89. The molecule has 0 aliphatic heterocycles. The highest BCUT2D eigenvalue weighted by Crippen LogP contribution is 2.33. The van der Waals surface area contributed by atoms with E-state index < -0.39 is 22.5 Å². The fourth-order valence-electron chi connectivity index (χ4n) is 2.41. The molecule has 1 amide bonds. The molecule has 0 fully saturated rings. The number of benzene rings is 2. The highest BCUT2D eigenvalue weighted by atomic mass is 32.2. The average Bonchev–Trinajstić information content (AvgIpc) is 2.60. The van der Waals surface area contributed by atoms with Gasteiger partial charge in [0.2, 0.25) is 15.9 Å². The number of sulfonamides is 1. The van der Waals surface area contributed by atoms with Crippen molar-refractivity contribution in [2.24, 2.45) is 0 Å². The zero-order valence-electron chi connectivity index (χ0n) is 15.1. The maximum atomic E-state index is 12.5. The van der Waals surface area contributed by atoms with Crippen LogP contribution in [0.2, 0.25) is 0 Å². The molecule has 0 saturated heterocycles. The molecule has 0 spiro atoms. The maximum Gasteiger partial charge on any atom is 0.245 e. The van der Waals surface area contributed by atoms with E-state index in [1.165, 1.54) is 20.3 Å². The van der Waals surface area contributed by atoms with Crippen molar-refractivity contribution in [3.8, 4) is 11.5 Å². The van der Waals surface area contributed by atoms with Crippen molar-refractivity contribution < 1.29 is 22.7 Å². The lowest BCUT2D eigenvalue weighted by atomic mass is 10.2. The summed E-state index contributed by atoms with van der Waals surface area (Å²) in [4.78, 5) is 12.5. The number of anilines is 2. The molecule has 0 radical (unpaired) electrons. The van der Waals surface area contributed by atoms with Crippen LogP contribution in [0.25, 0.3) is 0 Å². The second-order valence-corrected chi connectivity index (χ2v) is 7.58. The molecule has 0 heterocycles. The number of hydrogen-bond donors (Lipinski definition) is 1. The normalized spacial score (nSPS) is 10.9. The van der Waals surface area contributed by atoms with Crippen LogP contribution in [0.15, 0.2) is 42.5 Å². The summed E-state index contributed by atoms with van der Waals surface area (Å²) in [6.45, 7) is 1.46. The van der Waals surface area contributed by atoms with E-state index >= 15 is 0 Å². The first-order chi connectivity index (χ1) is 12.3. The number of ether oxygens (including phenoxy) is 2. The Kier molecular flexibility index (Phi) is 6.10. The summed E-state index contributed by atoms with van der Waals surface area (Å²) < 4.78 is 36.0. The summed E-state index contributed by atoms with van der Waals surface area (Å²) in [5.74, 6) is 0.309. The lowest BCUT2D eigenvalue weighted by Crippen LogP contribution is -2.37. The summed E-state index contributed by atoms with van der Waals surface area (Å²) in [7, 11) is -0.833. The Bertz CT molecular complexity index is 896. The van der Waals surface area contributed by atoms with Gasteiger partial charge in [0.05, 0.1) is 26.2 Å². The molecule has 26 heavy (non-hydrogen) atoms. The van der Waals surface area contributed by atoms with Crippen molar-refractivity contribution in [2.45, 2.75) is 6.92 Å². The Hall–Kier alpha value is -2.74. The number of para-hydroxylation sites is 1. The van der Waals surface area contributed by atoms with Gasteiger partial charge in [-0.1, -0.05) is 18.2 Å². The highest BCUT2D eigenvalue weighted by Gasteiger charge is 2.24. The van der Waals surface area contributed by atoms with Gasteiger partial charge in [-0.3, -0.25) is 9.10 Å². The lowest BCUT2D eigenvalue weighted by molar-refractivity contribution is -0.114. The maximum absolute atomic E-state index is 12.5. The molecule has 2 aromatic rings. The van der Waals surface area contributed by atoms with Crippen LogP contribution in [0.1, 0.15) is 5.56 Å². The molecule has 7 nitrogen and oxygen atoms in total. The molecule has 0 saturated carbocycles. The molecule has 0 aliphatic rings. The van der Waals surface area contributed by atoms with Gasteiger partial charge < -0.3 is 14.8 Å². The standard InChI is InChI=1S/C18H22N2O5S/c1-13-7-5-6-8-15(13)19-18(21)12-20(26(4,22)23)16-11-14(24-2)9-10-17(16)25-3/h5-11H,12H2,1-4H3,(H,19,21). The number of carbonyl (C=O) groups is 1. The van der Waals surface area contributed by atoms with Gasteiger partial charge in [-0.05, 0) is 30.7 Å². The molecule has 0 unspecified atom stereocenters. The third kappa shape index (κ3) is 4.66. The summed E-state index contributed by atoms with van der Waals surface area (Å²) in [5.41, 5.74) is 1.74. The Labute approximate surface area is 153 Å². The number of nitrogens with one attached hydrogen (secondary N) is 1. The molecule has 140 valence electrons. The quantitative estimate of drug-likeness (QED) is 0.800. The van der Waals surface area contributed by atoms with Gasteiger partial charge in [-0.15, -0.1) is 0 Å². The van der Waals surface area contributed by atoms with Crippen molar-refractivity contribution in [1.82, 2.24) is 0 Å². The van der Waals surface area contributed by atoms with E-state index in [1.807, 2.05) is 19.1 Å². The summed E-state index contributed by atoms with van der Waals surface area (Å²) in [5, 5.41) is 2.73. The van der Waals surface area contributed by atoms with E-state index in [2.05, 4.69) is 5.32 Å². The molecule has 1 N–H and O–H groups in total. The second kappa shape index (κ2) is 8.09.